The molecule has 0 spiro atoms. The number of nitrogens with one attached hydrogen (secondary N) is 5. The molecule has 0 aromatic heterocycles. The van der Waals surface area contributed by atoms with Crippen molar-refractivity contribution in [2.75, 3.05) is 44.2 Å². The number of nitro groups is 3. The molecule has 3 aliphatic heterocycles. The fourth-order valence-corrected chi connectivity index (χ4v) is 7.04. The number of hydrogen-bond acceptors (Lipinski definition) is 14. The van der Waals surface area contributed by atoms with Crippen molar-refractivity contribution in [2.45, 2.75) is 51.4 Å². The van der Waals surface area contributed by atoms with E-state index in [2.05, 4.69) is 55.4 Å². The van der Waals surface area contributed by atoms with Gasteiger partial charge in [-0.2, -0.15) is 0 Å². The zero-order valence-corrected chi connectivity index (χ0v) is 46.4. The molecule has 0 saturated carbocycles. The molecule has 5 aromatic carbocycles. The number of carbonyl (C=O) groups excluding carboxylic acids is 5. The van der Waals surface area contributed by atoms with Gasteiger partial charge in [-0.05, 0) is 137 Å². The van der Waals surface area contributed by atoms with Crippen molar-refractivity contribution in [1.82, 2.24) is 0 Å². The fourth-order valence-electron chi connectivity index (χ4n) is 5.95. The number of alkyl halides is 2. The summed E-state index contributed by atoms with van der Waals surface area (Å²) in [6.45, 7) is 0. The minimum atomic E-state index is -1.72. The van der Waals surface area contributed by atoms with Gasteiger partial charge >= 0.3 is 11.4 Å². The van der Waals surface area contributed by atoms with Crippen LogP contribution in [0.4, 0.5) is 51.2 Å². The molecule has 394 valence electrons. The summed E-state index contributed by atoms with van der Waals surface area (Å²) in [4.78, 5) is 83.3. The van der Waals surface area contributed by atoms with E-state index in [9.17, 15) is 54.3 Å². The number of rotatable bonds is 9. The number of nitrogens with two attached hydrogens (primary N) is 2. The second-order valence-electron chi connectivity index (χ2n) is 14.7. The Balaban J connectivity index is 0.000000304. The molecule has 0 saturated heterocycles. The van der Waals surface area contributed by atoms with E-state index < -0.39 is 26.2 Å². The second kappa shape index (κ2) is 34.8. The highest BCUT2D eigenvalue weighted by Gasteiger charge is 2.18. The number of nitrogens with zero attached hydrogens (tertiary/aromatic N) is 3. The Morgan fingerprint density at radius 1 is 0.581 bits per heavy atom. The van der Waals surface area contributed by atoms with Gasteiger partial charge in [0, 0.05) is 118 Å². The SMILES string of the molecule is NNc1ccc2c(c1)CCC(=O)N2.Nc1ccc([N+](=O)[O-])cc1.O=C(CCCl)Nc1ccc([N+](=O)[O-])cc1.O=C(Cl)CCCl.O=C1CCc2cc(I)ccc2N1.O=C1CCc2cc([N+](=O)[O-])ccc2N1.[Cl][Al]([Cl])[Cl]. The van der Waals surface area contributed by atoms with Crippen molar-refractivity contribution in [3.8, 4) is 0 Å². The summed E-state index contributed by atoms with van der Waals surface area (Å²) in [5, 5.41) is 41.4. The highest BCUT2D eigenvalue weighted by atomic mass is 127. The maximum Gasteiger partial charge on any atom is 0.643 e. The predicted molar refractivity (Wildman–Crippen MR) is 301 cm³/mol. The number of carbonyl (C=O) groups is 5. The Labute approximate surface area is 469 Å². The zero-order chi connectivity index (χ0) is 55.3. The summed E-state index contributed by atoms with van der Waals surface area (Å²) in [5.41, 5.74) is 15.7. The number of anilines is 6. The van der Waals surface area contributed by atoms with Crippen molar-refractivity contribution >= 4 is 179 Å². The molecule has 21 nitrogen and oxygen atoms in total. The van der Waals surface area contributed by atoms with E-state index in [0.29, 0.717) is 48.6 Å². The molecule has 5 aromatic rings. The average molecular weight is 1270 g/mol. The lowest BCUT2D eigenvalue weighted by molar-refractivity contribution is -0.385. The van der Waals surface area contributed by atoms with Crippen LogP contribution in [0.2, 0.25) is 0 Å². The molecule has 4 amide bonds. The van der Waals surface area contributed by atoms with Crippen molar-refractivity contribution in [3.63, 3.8) is 0 Å². The van der Waals surface area contributed by atoms with E-state index in [-0.39, 0.29) is 64.7 Å². The first-order valence-corrected chi connectivity index (χ1v) is 29.1. The van der Waals surface area contributed by atoms with Crippen LogP contribution in [-0.2, 0) is 43.2 Å². The first-order valence-electron chi connectivity index (χ1n) is 21.4. The van der Waals surface area contributed by atoms with Gasteiger partial charge in [-0.1, -0.05) is 0 Å². The lowest BCUT2D eigenvalue weighted by Crippen LogP contribution is -2.19. The molecule has 8 rings (SSSR count). The molecule has 3 heterocycles. The molecule has 74 heavy (non-hydrogen) atoms. The van der Waals surface area contributed by atoms with E-state index in [4.69, 9.17) is 76.5 Å². The lowest BCUT2D eigenvalue weighted by Gasteiger charge is -2.17. The predicted octanol–water partition coefficient (Wildman–Crippen LogP) is 10.9. The summed E-state index contributed by atoms with van der Waals surface area (Å²) >= 11 is 15.9. The van der Waals surface area contributed by atoms with Gasteiger partial charge in [0.15, 0.2) is 0 Å². The molecule has 3 aliphatic rings. The molecule has 0 fully saturated rings. The summed E-state index contributed by atoms with van der Waals surface area (Å²) in [7, 11) is 14.8. The zero-order valence-electron chi connectivity index (χ0n) is 38.6. The number of benzene rings is 5. The fraction of sp³-hybridized carbons (Fsp3) is 0.222. The van der Waals surface area contributed by atoms with Crippen molar-refractivity contribution in [3.05, 3.63) is 154 Å². The number of hydrazine groups is 1. The van der Waals surface area contributed by atoms with Gasteiger partial charge in [0.25, 0.3) is 17.1 Å². The average Bonchev–Trinajstić information content (AvgIpc) is 3.35. The summed E-state index contributed by atoms with van der Waals surface area (Å²) in [6.07, 6.45) is 4.29. The number of non-ortho nitro benzene ring substituents is 3. The summed E-state index contributed by atoms with van der Waals surface area (Å²) in [6, 6.07) is 27.6. The van der Waals surface area contributed by atoms with Crippen molar-refractivity contribution in [1.29, 1.82) is 0 Å². The Morgan fingerprint density at radius 3 is 1.36 bits per heavy atom. The maximum atomic E-state index is 11.1. The van der Waals surface area contributed by atoms with Crippen LogP contribution >= 0.6 is 87.5 Å². The van der Waals surface area contributed by atoms with E-state index in [1.54, 1.807) is 6.07 Å². The third-order valence-corrected chi connectivity index (χ3v) is 10.6. The molecule has 9 N–H and O–H groups in total. The van der Waals surface area contributed by atoms with Gasteiger partial charge in [0.1, 0.15) is 0 Å². The van der Waals surface area contributed by atoms with Crippen LogP contribution in [0.15, 0.2) is 103 Å². The van der Waals surface area contributed by atoms with Crippen LogP contribution < -0.4 is 38.3 Å². The number of aryl methyl sites for hydroxylation is 3. The van der Waals surface area contributed by atoms with E-state index in [0.717, 1.165) is 41.0 Å². The van der Waals surface area contributed by atoms with E-state index in [1.807, 2.05) is 30.3 Å². The van der Waals surface area contributed by atoms with Crippen LogP contribution in [0.25, 0.3) is 0 Å². The van der Waals surface area contributed by atoms with Gasteiger partial charge in [-0.15, -0.1) is 23.2 Å². The first-order chi connectivity index (χ1) is 35.0. The number of fused-ring (bicyclic) bond motifs is 3. The summed E-state index contributed by atoms with van der Waals surface area (Å²) < 4.78 is 1.22. The smallest absolute Gasteiger partial charge is 0.399 e. The van der Waals surface area contributed by atoms with Gasteiger partial charge in [-0.3, -0.25) is 60.2 Å². The van der Waals surface area contributed by atoms with Crippen LogP contribution in [0.3, 0.4) is 0 Å². The molecule has 0 atom stereocenters. The van der Waals surface area contributed by atoms with Crippen molar-refractivity contribution < 1.29 is 38.7 Å². The minimum Gasteiger partial charge on any atom is -0.399 e. The molecule has 29 heteroatoms. The Morgan fingerprint density at radius 2 is 0.959 bits per heavy atom. The van der Waals surface area contributed by atoms with Crippen LogP contribution in [0.5, 0.6) is 0 Å². The van der Waals surface area contributed by atoms with Crippen LogP contribution in [0.1, 0.15) is 48.8 Å². The molecule has 0 aliphatic carbocycles. The van der Waals surface area contributed by atoms with E-state index in [1.165, 1.54) is 69.8 Å². The van der Waals surface area contributed by atoms with Gasteiger partial charge in [-0.25, -0.2) is 30.1 Å². The lowest BCUT2D eigenvalue weighted by atomic mass is 10.0. The largest absolute Gasteiger partial charge is 0.643 e. The standard InChI is InChI=1S/C9H9ClN2O3.C9H8INO.C9H11N3O.C9H8N2O3.C6H6N2O2.C3H4Cl2O.Al.3ClH/c10-6-5-9(13)11-7-1-3-8(4-2-7)12(14)15;10-7-2-3-8-6(5-7)1-4-9(12)11-8;10-12-7-2-3-8-6(5-7)1-4-9(13)11-8;12-9-4-1-6-5-7(11(13)14)2-3-8(6)10-9;7-5-1-3-6(4-2-5)8(9)10;4-2-1-3(5)6;;;;/h1-4H,5-6H2,(H,11,13);2-3,5H,1,4H2,(H,11,12);2-3,5,12H,1,4,10H2,(H,11,13);2-3,5H,1,4H2,(H,10,12);1-4H,7H2;1-2H2;;3*1H/q;;;;;;+3;;;/p-3. The first kappa shape index (κ1) is 64.5. The van der Waals surface area contributed by atoms with Gasteiger partial charge < -0.3 is 32.4 Å². The monoisotopic (exact) mass is 1270 g/mol. The Bertz CT molecular complexity index is 2730. The number of hydrogen-bond donors (Lipinski definition) is 7. The normalized spacial score (nSPS) is 12.0. The van der Waals surface area contributed by atoms with Gasteiger partial charge in [0.05, 0.1) is 14.8 Å². The van der Waals surface area contributed by atoms with E-state index >= 15 is 0 Å². The number of halogens is 7. The highest BCUT2D eigenvalue weighted by Crippen LogP contribution is 2.28. The molecule has 0 radical (unpaired) electrons. The maximum absolute atomic E-state index is 11.1. The molecular weight excluding hydrogens is 1220 g/mol. The quantitative estimate of drug-likeness (QED) is 0.0105. The Hall–Kier alpha value is -5.59. The second-order valence-corrected chi connectivity index (χ2v) is 23.6. The van der Waals surface area contributed by atoms with Crippen LogP contribution in [-0.4, -0.2) is 66.8 Å². The van der Waals surface area contributed by atoms with Crippen molar-refractivity contribution in [2.24, 2.45) is 5.84 Å². The minimum absolute atomic E-state index is 0.00894. The molecule has 0 bridgehead atoms. The number of nitro benzene ring substituents is 3. The van der Waals surface area contributed by atoms with Crippen LogP contribution in [0, 0.1) is 33.9 Å². The Kier molecular flexibility index (Phi) is 30.4. The summed E-state index contributed by atoms with van der Waals surface area (Å²) in [5.74, 6) is 5.81. The number of nitrogen functional groups attached to an aromatic ring is 2. The number of amides is 4. The topological polar surface area (TPSA) is 327 Å². The third-order valence-electron chi connectivity index (χ3n) is 9.40. The highest BCUT2D eigenvalue weighted by molar-refractivity contribution is 14.1. The molecular formula is C45H46AlCl6IN10O11. The van der Waals surface area contributed by atoms with Gasteiger partial charge in [0.2, 0.25) is 28.9 Å². The molecule has 0 unspecified atom stereocenters. The third kappa shape index (κ3) is 26.1.